The lowest BCUT2D eigenvalue weighted by molar-refractivity contribution is 0.809. The summed E-state index contributed by atoms with van der Waals surface area (Å²) in [5, 5.41) is 0. The first kappa shape index (κ1) is 9.21. The van der Waals surface area contributed by atoms with Gasteiger partial charge in [-0.2, -0.15) is 0 Å². The molecule has 0 aromatic carbocycles. The Bertz CT molecular complexity index is 333. The summed E-state index contributed by atoms with van der Waals surface area (Å²) in [6.07, 6.45) is 9.22. The molecule has 74 valence electrons. The number of nitrogens with zero attached hydrogens (tertiary/aromatic N) is 2. The molecule has 1 aromatic rings. The zero-order valence-corrected chi connectivity index (χ0v) is 8.19. The number of hydrogen-bond acceptors (Lipinski definition) is 3. The van der Waals surface area contributed by atoms with Crippen LogP contribution in [0, 0.1) is 0 Å². The van der Waals surface area contributed by atoms with E-state index in [1.807, 2.05) is 12.3 Å². The molecule has 2 N–H and O–H groups in total. The summed E-state index contributed by atoms with van der Waals surface area (Å²) in [4.78, 5) is 6.46. The zero-order chi connectivity index (χ0) is 9.80. The van der Waals surface area contributed by atoms with E-state index in [2.05, 4.69) is 22.0 Å². The molecule has 3 nitrogen and oxygen atoms in total. The van der Waals surface area contributed by atoms with Crippen LogP contribution in [0.25, 0.3) is 0 Å². The highest BCUT2D eigenvalue weighted by atomic mass is 15.1. The molecule has 2 rings (SSSR count). The Morgan fingerprint density at radius 1 is 1.43 bits per heavy atom. The molecule has 0 spiro atoms. The van der Waals surface area contributed by atoms with Crippen LogP contribution >= 0.6 is 0 Å². The minimum atomic E-state index is 0.581. The van der Waals surface area contributed by atoms with Gasteiger partial charge in [-0.3, -0.25) is 4.98 Å². The summed E-state index contributed by atoms with van der Waals surface area (Å²) in [5.74, 6) is 0. The highest BCUT2D eigenvalue weighted by molar-refractivity contribution is 5.52. The molecule has 0 bridgehead atoms. The van der Waals surface area contributed by atoms with Gasteiger partial charge in [0.05, 0.1) is 11.9 Å². The predicted molar refractivity (Wildman–Crippen MR) is 58.1 cm³/mol. The van der Waals surface area contributed by atoms with Crippen LogP contribution in [-0.2, 0) is 6.54 Å². The number of anilines is 1. The zero-order valence-electron chi connectivity index (χ0n) is 8.19. The van der Waals surface area contributed by atoms with E-state index in [1.165, 1.54) is 11.3 Å². The van der Waals surface area contributed by atoms with Crippen molar-refractivity contribution in [3.63, 3.8) is 0 Å². The van der Waals surface area contributed by atoms with Gasteiger partial charge in [0.2, 0.25) is 0 Å². The monoisotopic (exact) mass is 189 g/mol. The van der Waals surface area contributed by atoms with Crippen molar-refractivity contribution in [3.8, 4) is 0 Å². The third kappa shape index (κ3) is 1.77. The summed E-state index contributed by atoms with van der Waals surface area (Å²) >= 11 is 0. The Balaban J connectivity index is 2.25. The van der Waals surface area contributed by atoms with E-state index in [0.29, 0.717) is 6.54 Å². The number of aromatic nitrogens is 1. The Labute approximate surface area is 84.2 Å². The lowest BCUT2D eigenvalue weighted by atomic mass is 10.1. The van der Waals surface area contributed by atoms with Gasteiger partial charge < -0.3 is 10.6 Å². The average Bonchev–Trinajstić information content (AvgIpc) is 2.30. The lowest BCUT2D eigenvalue weighted by Gasteiger charge is -2.27. The third-order valence-corrected chi connectivity index (χ3v) is 2.51. The quantitative estimate of drug-likeness (QED) is 0.713. The standard InChI is InChI=1S/C11H15N3/c12-8-10-4-5-13-9-11(10)14-6-2-1-3-7-14/h1-2,4-5,9H,3,6-8,12H2. The van der Waals surface area contributed by atoms with Crippen molar-refractivity contribution in [2.45, 2.75) is 13.0 Å². The second-order valence-electron chi connectivity index (χ2n) is 3.41. The summed E-state index contributed by atoms with van der Waals surface area (Å²) in [6, 6.07) is 1.99. The van der Waals surface area contributed by atoms with Crippen molar-refractivity contribution in [3.05, 3.63) is 36.2 Å². The minimum absolute atomic E-state index is 0.581. The minimum Gasteiger partial charge on any atom is -0.366 e. The highest BCUT2D eigenvalue weighted by Crippen LogP contribution is 2.20. The van der Waals surface area contributed by atoms with E-state index in [-0.39, 0.29) is 0 Å². The molecule has 0 aliphatic carbocycles. The third-order valence-electron chi connectivity index (χ3n) is 2.51. The second kappa shape index (κ2) is 4.24. The van der Waals surface area contributed by atoms with Gasteiger partial charge in [0.15, 0.2) is 0 Å². The van der Waals surface area contributed by atoms with Crippen molar-refractivity contribution in [2.75, 3.05) is 18.0 Å². The van der Waals surface area contributed by atoms with Gasteiger partial charge in [-0.15, -0.1) is 0 Å². The molecule has 0 fully saturated rings. The van der Waals surface area contributed by atoms with Gasteiger partial charge in [-0.05, 0) is 18.1 Å². The molecule has 0 atom stereocenters. The Morgan fingerprint density at radius 3 is 3.07 bits per heavy atom. The van der Waals surface area contributed by atoms with Crippen molar-refractivity contribution in [1.29, 1.82) is 0 Å². The van der Waals surface area contributed by atoms with Crippen LogP contribution in [0.5, 0.6) is 0 Å². The molecule has 2 heterocycles. The molecular formula is C11H15N3. The molecule has 1 aliphatic heterocycles. The van der Waals surface area contributed by atoms with Crippen molar-refractivity contribution in [2.24, 2.45) is 5.73 Å². The SMILES string of the molecule is NCc1ccncc1N1CC=CCC1. The van der Waals surface area contributed by atoms with Gasteiger partial charge >= 0.3 is 0 Å². The van der Waals surface area contributed by atoms with Crippen LogP contribution in [0.4, 0.5) is 5.69 Å². The predicted octanol–water partition coefficient (Wildman–Crippen LogP) is 1.31. The summed E-state index contributed by atoms with van der Waals surface area (Å²) < 4.78 is 0. The van der Waals surface area contributed by atoms with E-state index < -0.39 is 0 Å². The maximum absolute atomic E-state index is 5.68. The lowest BCUT2D eigenvalue weighted by Crippen LogP contribution is -2.28. The Hall–Kier alpha value is -1.35. The van der Waals surface area contributed by atoms with Gasteiger partial charge in [0.25, 0.3) is 0 Å². The molecule has 1 aromatic heterocycles. The van der Waals surface area contributed by atoms with Crippen LogP contribution in [0.1, 0.15) is 12.0 Å². The fraction of sp³-hybridized carbons (Fsp3) is 0.364. The normalized spacial score (nSPS) is 15.9. The topological polar surface area (TPSA) is 42.1 Å². The molecular weight excluding hydrogens is 174 g/mol. The van der Waals surface area contributed by atoms with Crippen molar-refractivity contribution >= 4 is 5.69 Å². The number of rotatable bonds is 2. The molecule has 0 radical (unpaired) electrons. The van der Waals surface area contributed by atoms with Gasteiger partial charge in [-0.1, -0.05) is 12.2 Å². The first-order valence-corrected chi connectivity index (χ1v) is 4.94. The van der Waals surface area contributed by atoms with E-state index in [0.717, 1.165) is 19.5 Å². The number of pyridine rings is 1. The Morgan fingerprint density at radius 2 is 2.36 bits per heavy atom. The molecule has 3 heteroatoms. The average molecular weight is 189 g/mol. The molecule has 0 saturated heterocycles. The van der Waals surface area contributed by atoms with Crippen LogP contribution < -0.4 is 10.6 Å². The van der Waals surface area contributed by atoms with Gasteiger partial charge in [0.1, 0.15) is 0 Å². The fourth-order valence-electron chi connectivity index (χ4n) is 1.73. The van der Waals surface area contributed by atoms with Gasteiger partial charge in [0, 0.05) is 25.8 Å². The summed E-state index contributed by atoms with van der Waals surface area (Å²) in [7, 11) is 0. The number of nitrogens with two attached hydrogens (primary N) is 1. The molecule has 0 unspecified atom stereocenters. The smallest absolute Gasteiger partial charge is 0.0601 e. The molecule has 14 heavy (non-hydrogen) atoms. The van der Waals surface area contributed by atoms with E-state index in [9.17, 15) is 0 Å². The Kier molecular flexibility index (Phi) is 2.79. The largest absolute Gasteiger partial charge is 0.366 e. The van der Waals surface area contributed by atoms with Gasteiger partial charge in [-0.25, -0.2) is 0 Å². The van der Waals surface area contributed by atoms with Crippen LogP contribution in [0.15, 0.2) is 30.6 Å². The second-order valence-corrected chi connectivity index (χ2v) is 3.41. The van der Waals surface area contributed by atoms with Crippen LogP contribution in [0.3, 0.4) is 0 Å². The van der Waals surface area contributed by atoms with E-state index >= 15 is 0 Å². The van der Waals surface area contributed by atoms with E-state index in [4.69, 9.17) is 5.73 Å². The van der Waals surface area contributed by atoms with Crippen LogP contribution in [-0.4, -0.2) is 18.1 Å². The first-order valence-electron chi connectivity index (χ1n) is 4.94. The molecule has 0 amide bonds. The molecule has 1 aliphatic rings. The first-order chi connectivity index (χ1) is 6.92. The molecule has 0 saturated carbocycles. The summed E-state index contributed by atoms with van der Waals surface area (Å²) in [6.45, 7) is 2.62. The maximum atomic E-state index is 5.68. The van der Waals surface area contributed by atoms with E-state index in [1.54, 1.807) is 6.20 Å². The maximum Gasteiger partial charge on any atom is 0.0601 e. The van der Waals surface area contributed by atoms with Crippen molar-refractivity contribution in [1.82, 2.24) is 4.98 Å². The number of hydrogen-bond donors (Lipinski definition) is 1. The summed E-state index contributed by atoms with van der Waals surface area (Å²) in [5.41, 5.74) is 8.04. The highest BCUT2D eigenvalue weighted by Gasteiger charge is 2.10. The fourth-order valence-corrected chi connectivity index (χ4v) is 1.73. The van der Waals surface area contributed by atoms with Crippen LogP contribution in [0.2, 0.25) is 0 Å². The van der Waals surface area contributed by atoms with Crippen molar-refractivity contribution < 1.29 is 0 Å².